The predicted molar refractivity (Wildman–Crippen MR) is 95.3 cm³/mol. The Bertz CT molecular complexity index is 773. The third-order valence-electron chi connectivity index (χ3n) is 3.88. The van der Waals surface area contributed by atoms with Crippen molar-refractivity contribution in [1.82, 2.24) is 19.1 Å². The van der Waals surface area contributed by atoms with Crippen LogP contribution in [0, 0.1) is 5.92 Å². The summed E-state index contributed by atoms with van der Waals surface area (Å²) in [5, 5.41) is 0.837. The molecule has 7 heteroatoms. The van der Waals surface area contributed by atoms with Crippen LogP contribution in [-0.2, 0) is 13.6 Å². The highest BCUT2D eigenvalue weighted by atomic mass is 32.2. The molecule has 0 radical (unpaired) electrons. The van der Waals surface area contributed by atoms with Gasteiger partial charge in [0.15, 0.2) is 16.3 Å². The fourth-order valence-corrected chi connectivity index (χ4v) is 3.46. The Kier molecular flexibility index (Phi) is 6.10. The van der Waals surface area contributed by atoms with Gasteiger partial charge in [-0.05, 0) is 18.8 Å². The summed E-state index contributed by atoms with van der Waals surface area (Å²) in [5.74, 6) is 1.52. The number of thioether (sulfide) groups is 1. The van der Waals surface area contributed by atoms with Gasteiger partial charge < -0.3 is 4.57 Å². The molecule has 2 aromatic rings. The van der Waals surface area contributed by atoms with E-state index in [0.29, 0.717) is 17.1 Å². The molecule has 0 aliphatic rings. The second-order valence-corrected chi connectivity index (χ2v) is 7.34. The van der Waals surface area contributed by atoms with Crippen molar-refractivity contribution < 1.29 is 0 Å². The first-order valence-electron chi connectivity index (χ1n) is 8.28. The number of hydrogen-bond donors (Lipinski definition) is 1. The average Bonchev–Trinajstić information content (AvgIpc) is 2.86. The zero-order chi connectivity index (χ0) is 17.0. The first kappa shape index (κ1) is 17.8. The lowest BCUT2D eigenvalue weighted by Crippen LogP contribution is -2.29. The van der Waals surface area contributed by atoms with Crippen molar-refractivity contribution in [3.05, 3.63) is 20.8 Å². The molecule has 0 amide bonds. The van der Waals surface area contributed by atoms with E-state index in [4.69, 9.17) is 0 Å². The second kappa shape index (κ2) is 7.86. The number of fused-ring (bicyclic) bond motifs is 1. The summed E-state index contributed by atoms with van der Waals surface area (Å²) in [6.07, 6.45) is 4.47. The van der Waals surface area contributed by atoms with E-state index in [1.165, 1.54) is 17.4 Å². The molecule has 2 rings (SSSR count). The monoisotopic (exact) mass is 338 g/mol. The minimum Gasteiger partial charge on any atom is -0.313 e. The van der Waals surface area contributed by atoms with E-state index in [1.54, 1.807) is 18.8 Å². The van der Waals surface area contributed by atoms with Crippen LogP contribution in [0.3, 0.4) is 0 Å². The topological polar surface area (TPSA) is 72.7 Å². The van der Waals surface area contributed by atoms with Crippen LogP contribution in [0.1, 0.15) is 46.5 Å². The fraction of sp³-hybridized carbons (Fsp3) is 0.688. The van der Waals surface area contributed by atoms with E-state index in [-0.39, 0.29) is 5.56 Å². The number of aryl methyl sites for hydroxylation is 2. The Labute approximate surface area is 140 Å². The maximum atomic E-state index is 12.3. The van der Waals surface area contributed by atoms with E-state index in [0.717, 1.165) is 30.3 Å². The van der Waals surface area contributed by atoms with Crippen molar-refractivity contribution in [3.8, 4) is 0 Å². The summed E-state index contributed by atoms with van der Waals surface area (Å²) in [6.45, 7) is 7.24. The highest BCUT2D eigenvalue weighted by Gasteiger charge is 2.17. The number of nitrogens with one attached hydrogen (secondary N) is 1. The summed E-state index contributed by atoms with van der Waals surface area (Å²) in [4.78, 5) is 31.0. The molecule has 0 aliphatic carbocycles. The van der Waals surface area contributed by atoms with Crippen molar-refractivity contribution in [2.75, 3.05) is 5.75 Å². The van der Waals surface area contributed by atoms with Gasteiger partial charge in [-0.2, -0.15) is 0 Å². The highest BCUT2D eigenvalue weighted by molar-refractivity contribution is 7.99. The third-order valence-corrected chi connectivity index (χ3v) is 4.94. The normalized spacial score (nSPS) is 11.7. The van der Waals surface area contributed by atoms with Crippen LogP contribution in [0.5, 0.6) is 0 Å². The molecule has 0 bridgehead atoms. The zero-order valence-corrected chi connectivity index (χ0v) is 15.2. The van der Waals surface area contributed by atoms with Crippen molar-refractivity contribution in [3.63, 3.8) is 0 Å². The first-order chi connectivity index (χ1) is 11.0. The lowest BCUT2D eigenvalue weighted by molar-refractivity contribution is 0.503. The van der Waals surface area contributed by atoms with Gasteiger partial charge in [-0.15, -0.1) is 0 Å². The summed E-state index contributed by atoms with van der Waals surface area (Å²) >= 11 is 1.67. The van der Waals surface area contributed by atoms with Gasteiger partial charge in [0.25, 0.3) is 5.56 Å². The number of imidazole rings is 1. The number of aromatic amines is 1. The van der Waals surface area contributed by atoms with Crippen LogP contribution >= 0.6 is 11.8 Å². The highest BCUT2D eigenvalue weighted by Crippen LogP contribution is 2.23. The Balaban J connectivity index is 2.44. The van der Waals surface area contributed by atoms with E-state index in [9.17, 15) is 9.59 Å². The van der Waals surface area contributed by atoms with Crippen LogP contribution < -0.4 is 11.2 Å². The fourth-order valence-electron chi connectivity index (χ4n) is 2.44. The number of nitrogens with zero attached hydrogens (tertiary/aromatic N) is 3. The Morgan fingerprint density at radius 3 is 2.65 bits per heavy atom. The third kappa shape index (κ3) is 4.07. The van der Waals surface area contributed by atoms with Crippen LogP contribution in [0.2, 0.25) is 0 Å². The molecular formula is C16H26N4O2S. The molecule has 128 valence electrons. The SMILES string of the molecule is CCCCCSc1nc2c(c(=O)[nH]c(=O)n2C)n1CCC(C)C. The molecule has 2 heterocycles. The number of unbranched alkanes of at least 4 members (excludes halogenated alkanes) is 2. The van der Waals surface area contributed by atoms with Gasteiger partial charge in [0, 0.05) is 19.3 Å². The van der Waals surface area contributed by atoms with Gasteiger partial charge >= 0.3 is 5.69 Å². The first-order valence-corrected chi connectivity index (χ1v) is 9.26. The maximum Gasteiger partial charge on any atom is 0.329 e. The molecule has 0 unspecified atom stereocenters. The molecule has 0 aliphatic heterocycles. The molecule has 2 aromatic heterocycles. The molecule has 0 spiro atoms. The number of rotatable bonds is 8. The molecule has 0 atom stereocenters. The maximum absolute atomic E-state index is 12.3. The molecule has 23 heavy (non-hydrogen) atoms. The molecule has 0 aromatic carbocycles. The van der Waals surface area contributed by atoms with E-state index < -0.39 is 5.69 Å². The van der Waals surface area contributed by atoms with Gasteiger partial charge in [0.1, 0.15) is 0 Å². The minimum atomic E-state index is -0.418. The van der Waals surface area contributed by atoms with Crippen LogP contribution in [-0.4, -0.2) is 24.9 Å². The van der Waals surface area contributed by atoms with Gasteiger partial charge in [0.2, 0.25) is 0 Å². The van der Waals surface area contributed by atoms with E-state index >= 15 is 0 Å². The molecule has 0 fully saturated rings. The van der Waals surface area contributed by atoms with Crippen molar-refractivity contribution in [2.45, 2.75) is 58.2 Å². The molecule has 1 N–H and O–H groups in total. The van der Waals surface area contributed by atoms with Crippen LogP contribution in [0.15, 0.2) is 14.7 Å². The predicted octanol–water partition coefficient (Wildman–Crippen LogP) is 2.75. The number of aromatic nitrogens is 4. The van der Waals surface area contributed by atoms with Crippen molar-refractivity contribution in [2.24, 2.45) is 13.0 Å². The molecular weight excluding hydrogens is 312 g/mol. The largest absolute Gasteiger partial charge is 0.329 e. The molecule has 0 saturated carbocycles. The Morgan fingerprint density at radius 1 is 1.26 bits per heavy atom. The van der Waals surface area contributed by atoms with Gasteiger partial charge in [-0.25, -0.2) is 9.78 Å². The average molecular weight is 338 g/mol. The van der Waals surface area contributed by atoms with Gasteiger partial charge in [0.05, 0.1) is 0 Å². The lowest BCUT2D eigenvalue weighted by Gasteiger charge is -2.10. The van der Waals surface area contributed by atoms with Gasteiger partial charge in [-0.1, -0.05) is 45.4 Å². The quantitative estimate of drug-likeness (QED) is 0.593. The summed E-state index contributed by atoms with van der Waals surface area (Å²) in [5.41, 5.74) is 0.213. The second-order valence-electron chi connectivity index (χ2n) is 6.27. The summed E-state index contributed by atoms with van der Waals surface area (Å²) in [7, 11) is 1.64. The summed E-state index contributed by atoms with van der Waals surface area (Å²) < 4.78 is 3.39. The molecule has 6 nitrogen and oxygen atoms in total. The smallest absolute Gasteiger partial charge is 0.313 e. The van der Waals surface area contributed by atoms with E-state index in [1.807, 2.05) is 4.57 Å². The number of H-pyrrole nitrogens is 1. The Morgan fingerprint density at radius 2 is 2.00 bits per heavy atom. The van der Waals surface area contributed by atoms with Gasteiger partial charge in [-0.3, -0.25) is 14.3 Å². The lowest BCUT2D eigenvalue weighted by atomic mass is 10.1. The summed E-state index contributed by atoms with van der Waals surface area (Å²) in [6, 6.07) is 0. The van der Waals surface area contributed by atoms with Crippen molar-refractivity contribution >= 4 is 22.9 Å². The number of hydrogen-bond acceptors (Lipinski definition) is 4. The molecule has 0 saturated heterocycles. The van der Waals surface area contributed by atoms with Crippen LogP contribution in [0.4, 0.5) is 0 Å². The Hall–Kier alpha value is -1.50. The zero-order valence-electron chi connectivity index (χ0n) is 14.4. The standard InChI is InChI=1S/C16H26N4O2S/c1-5-6-7-10-23-16-17-13-12(20(16)9-8-11(2)3)14(21)18-15(22)19(13)4/h11H,5-10H2,1-4H3,(H,18,21,22). The van der Waals surface area contributed by atoms with E-state index in [2.05, 4.69) is 30.7 Å². The minimum absolute atomic E-state index is 0.347. The van der Waals surface area contributed by atoms with Crippen molar-refractivity contribution in [1.29, 1.82) is 0 Å². The van der Waals surface area contributed by atoms with Crippen LogP contribution in [0.25, 0.3) is 11.2 Å².